The molecule has 1 aromatic rings. The third kappa shape index (κ3) is 1.93. The van der Waals surface area contributed by atoms with Crippen LogP contribution in [-0.2, 0) is 0 Å². The van der Waals surface area contributed by atoms with Gasteiger partial charge in [-0.3, -0.25) is 0 Å². The number of nitrogens with zero attached hydrogens (tertiary/aromatic N) is 1. The summed E-state index contributed by atoms with van der Waals surface area (Å²) in [5.74, 6) is -0.149. The van der Waals surface area contributed by atoms with E-state index in [2.05, 4.69) is 10.2 Å². The van der Waals surface area contributed by atoms with Gasteiger partial charge in [-0.2, -0.15) is 0 Å². The van der Waals surface area contributed by atoms with Crippen LogP contribution < -0.4 is 10.2 Å². The van der Waals surface area contributed by atoms with E-state index in [1.54, 1.807) is 12.1 Å². The Morgan fingerprint density at radius 1 is 1.12 bits per heavy atom. The molecule has 1 aliphatic heterocycles. The third-order valence-corrected chi connectivity index (χ3v) is 4.21. The van der Waals surface area contributed by atoms with E-state index in [0.717, 1.165) is 19.6 Å². The van der Waals surface area contributed by atoms with Gasteiger partial charge in [0, 0.05) is 25.3 Å². The minimum absolute atomic E-state index is 0.149. The number of nitrogens with one attached hydrogen (secondary N) is 1. The van der Waals surface area contributed by atoms with Gasteiger partial charge in [-0.15, -0.1) is 0 Å². The van der Waals surface area contributed by atoms with Crippen LogP contribution in [0.1, 0.15) is 25.7 Å². The van der Waals surface area contributed by atoms with Crippen molar-refractivity contribution >= 4 is 5.69 Å². The summed E-state index contributed by atoms with van der Waals surface area (Å²) in [6.45, 7) is 3.13. The number of anilines is 1. The Labute approximate surface area is 102 Å². The monoisotopic (exact) mass is 234 g/mol. The molecule has 2 fully saturated rings. The van der Waals surface area contributed by atoms with Gasteiger partial charge < -0.3 is 10.2 Å². The fraction of sp³-hybridized carbons (Fsp3) is 0.571. The predicted octanol–water partition coefficient (Wildman–Crippen LogP) is 2.55. The molecule has 1 aromatic carbocycles. The Balaban J connectivity index is 1.91. The van der Waals surface area contributed by atoms with Crippen LogP contribution in [-0.4, -0.2) is 25.2 Å². The Kier molecular flexibility index (Phi) is 2.79. The van der Waals surface area contributed by atoms with Gasteiger partial charge in [-0.1, -0.05) is 12.8 Å². The smallest absolute Gasteiger partial charge is 0.123 e. The molecule has 0 atom stereocenters. The molecular formula is C14H19FN2. The zero-order valence-corrected chi connectivity index (χ0v) is 10.1. The third-order valence-electron chi connectivity index (χ3n) is 4.21. The van der Waals surface area contributed by atoms with E-state index in [4.69, 9.17) is 0 Å². The molecule has 2 nitrogen and oxygen atoms in total. The largest absolute Gasteiger partial charge is 0.363 e. The van der Waals surface area contributed by atoms with E-state index in [1.807, 2.05) is 12.1 Å². The molecule has 17 heavy (non-hydrogen) atoms. The second-order valence-electron chi connectivity index (χ2n) is 5.24. The van der Waals surface area contributed by atoms with E-state index in [0.29, 0.717) is 0 Å². The maximum Gasteiger partial charge on any atom is 0.123 e. The van der Waals surface area contributed by atoms with Gasteiger partial charge in [-0.25, -0.2) is 4.39 Å². The molecule has 2 aliphatic rings. The van der Waals surface area contributed by atoms with Crippen molar-refractivity contribution in [3.63, 3.8) is 0 Å². The SMILES string of the molecule is Fc1ccc(N2CCNCC23CCCC3)cc1. The van der Waals surface area contributed by atoms with Crippen LogP contribution in [0.4, 0.5) is 10.1 Å². The zero-order valence-electron chi connectivity index (χ0n) is 10.1. The van der Waals surface area contributed by atoms with Crippen LogP contribution in [0.25, 0.3) is 0 Å². The molecule has 92 valence electrons. The quantitative estimate of drug-likeness (QED) is 0.803. The summed E-state index contributed by atoms with van der Waals surface area (Å²) in [7, 11) is 0. The maximum absolute atomic E-state index is 13.0. The Morgan fingerprint density at radius 3 is 2.53 bits per heavy atom. The summed E-state index contributed by atoms with van der Waals surface area (Å²) in [4.78, 5) is 2.50. The van der Waals surface area contributed by atoms with E-state index in [1.165, 1.54) is 31.4 Å². The van der Waals surface area contributed by atoms with Crippen molar-refractivity contribution in [3.05, 3.63) is 30.1 Å². The average molecular weight is 234 g/mol. The lowest BCUT2D eigenvalue weighted by molar-refractivity contribution is 0.332. The Hall–Kier alpha value is -1.09. The molecule has 1 N–H and O–H groups in total. The fourth-order valence-corrected chi connectivity index (χ4v) is 3.35. The van der Waals surface area contributed by atoms with Crippen molar-refractivity contribution in [2.45, 2.75) is 31.2 Å². The van der Waals surface area contributed by atoms with Gasteiger partial charge in [0.05, 0.1) is 5.54 Å². The first-order chi connectivity index (χ1) is 8.30. The number of hydrogen-bond donors (Lipinski definition) is 1. The number of halogens is 1. The van der Waals surface area contributed by atoms with Crippen molar-refractivity contribution in [2.75, 3.05) is 24.5 Å². The zero-order chi connectivity index (χ0) is 11.7. The van der Waals surface area contributed by atoms with Gasteiger partial charge >= 0.3 is 0 Å². The molecule has 3 heteroatoms. The lowest BCUT2D eigenvalue weighted by Crippen LogP contribution is -2.60. The van der Waals surface area contributed by atoms with E-state index in [-0.39, 0.29) is 11.4 Å². The molecule has 1 spiro atoms. The molecule has 0 radical (unpaired) electrons. The van der Waals surface area contributed by atoms with Crippen LogP contribution in [0, 0.1) is 5.82 Å². The van der Waals surface area contributed by atoms with E-state index < -0.39 is 0 Å². The molecule has 1 heterocycles. The first kappa shape index (κ1) is 11.0. The van der Waals surface area contributed by atoms with Crippen molar-refractivity contribution < 1.29 is 4.39 Å². The van der Waals surface area contributed by atoms with Gasteiger partial charge in [0.2, 0.25) is 0 Å². The molecule has 0 amide bonds. The lowest BCUT2D eigenvalue weighted by Gasteiger charge is -2.47. The highest BCUT2D eigenvalue weighted by molar-refractivity contribution is 5.50. The maximum atomic E-state index is 13.0. The summed E-state index contributed by atoms with van der Waals surface area (Å²) in [6, 6.07) is 6.97. The second-order valence-corrected chi connectivity index (χ2v) is 5.24. The van der Waals surface area contributed by atoms with Gasteiger partial charge in [0.1, 0.15) is 5.82 Å². The summed E-state index contributed by atoms with van der Waals surface area (Å²) in [5.41, 5.74) is 1.46. The van der Waals surface area contributed by atoms with E-state index in [9.17, 15) is 4.39 Å². The van der Waals surface area contributed by atoms with Crippen LogP contribution in [0.15, 0.2) is 24.3 Å². The van der Waals surface area contributed by atoms with Crippen molar-refractivity contribution in [2.24, 2.45) is 0 Å². The number of hydrogen-bond acceptors (Lipinski definition) is 2. The standard InChI is InChI=1S/C14H19FN2/c15-12-3-5-13(6-4-12)17-10-9-16-11-14(17)7-1-2-8-14/h3-6,16H,1-2,7-11H2. The highest BCUT2D eigenvalue weighted by atomic mass is 19.1. The molecule has 1 aliphatic carbocycles. The Bertz CT molecular complexity index is 382. The minimum Gasteiger partial charge on any atom is -0.363 e. The highest BCUT2D eigenvalue weighted by Crippen LogP contribution is 2.38. The molecular weight excluding hydrogens is 215 g/mol. The van der Waals surface area contributed by atoms with E-state index >= 15 is 0 Å². The molecule has 0 unspecified atom stereocenters. The molecule has 0 aromatic heterocycles. The molecule has 0 bridgehead atoms. The minimum atomic E-state index is -0.149. The first-order valence-electron chi connectivity index (χ1n) is 6.54. The number of benzene rings is 1. The summed E-state index contributed by atoms with van der Waals surface area (Å²) in [6.07, 6.45) is 5.16. The van der Waals surface area contributed by atoms with Gasteiger partial charge in [0.25, 0.3) is 0 Å². The van der Waals surface area contributed by atoms with Gasteiger partial charge in [-0.05, 0) is 37.1 Å². The summed E-state index contributed by atoms with van der Waals surface area (Å²) < 4.78 is 13.0. The number of piperazine rings is 1. The van der Waals surface area contributed by atoms with Crippen LogP contribution in [0.5, 0.6) is 0 Å². The van der Waals surface area contributed by atoms with Crippen LogP contribution in [0.2, 0.25) is 0 Å². The van der Waals surface area contributed by atoms with Crippen LogP contribution >= 0.6 is 0 Å². The summed E-state index contributed by atoms with van der Waals surface area (Å²) >= 11 is 0. The normalized spacial score (nSPS) is 23.2. The molecule has 3 rings (SSSR count). The van der Waals surface area contributed by atoms with Gasteiger partial charge in [0.15, 0.2) is 0 Å². The topological polar surface area (TPSA) is 15.3 Å². The second kappa shape index (κ2) is 4.30. The van der Waals surface area contributed by atoms with Crippen molar-refractivity contribution in [3.8, 4) is 0 Å². The van der Waals surface area contributed by atoms with Crippen molar-refractivity contribution in [1.29, 1.82) is 0 Å². The fourth-order valence-electron chi connectivity index (χ4n) is 3.35. The number of rotatable bonds is 1. The highest BCUT2D eigenvalue weighted by Gasteiger charge is 2.41. The molecule has 1 saturated heterocycles. The van der Waals surface area contributed by atoms with Crippen molar-refractivity contribution in [1.82, 2.24) is 5.32 Å². The Morgan fingerprint density at radius 2 is 1.82 bits per heavy atom. The average Bonchev–Trinajstić information content (AvgIpc) is 2.80. The lowest BCUT2D eigenvalue weighted by atomic mass is 9.92. The van der Waals surface area contributed by atoms with Crippen LogP contribution in [0.3, 0.4) is 0 Å². The predicted molar refractivity (Wildman–Crippen MR) is 67.8 cm³/mol. The first-order valence-corrected chi connectivity index (χ1v) is 6.54. The summed E-state index contributed by atoms with van der Waals surface area (Å²) in [5, 5.41) is 3.51. The molecule has 1 saturated carbocycles.